The van der Waals surface area contributed by atoms with Crippen molar-refractivity contribution in [2.24, 2.45) is 11.8 Å². The molecule has 1 aromatic carbocycles. The van der Waals surface area contributed by atoms with E-state index in [0.29, 0.717) is 19.0 Å². The topological polar surface area (TPSA) is 76.9 Å². The number of hydrogen-bond donors (Lipinski definition) is 1. The Kier molecular flexibility index (Phi) is 4.54. The van der Waals surface area contributed by atoms with Crippen molar-refractivity contribution >= 4 is 10.0 Å². The fourth-order valence-corrected chi connectivity index (χ4v) is 4.18. The molecule has 6 nitrogen and oxygen atoms in total. The Labute approximate surface area is 130 Å². The van der Waals surface area contributed by atoms with Crippen molar-refractivity contribution in [3.8, 4) is 0 Å². The van der Waals surface area contributed by atoms with Crippen molar-refractivity contribution in [3.63, 3.8) is 0 Å². The van der Waals surface area contributed by atoms with Crippen LogP contribution in [0.25, 0.3) is 0 Å². The molecule has 1 aliphatic carbocycles. The van der Waals surface area contributed by atoms with Crippen molar-refractivity contribution < 1.29 is 8.42 Å². The number of nitrogens with zero attached hydrogens (tertiary/aromatic N) is 3. The fourth-order valence-electron chi connectivity index (χ4n) is 2.69. The number of rotatable bonds is 8. The average Bonchev–Trinajstić information content (AvgIpc) is 2.99. The Morgan fingerprint density at radius 2 is 1.86 bits per heavy atom. The van der Waals surface area contributed by atoms with Gasteiger partial charge >= 0.3 is 0 Å². The summed E-state index contributed by atoms with van der Waals surface area (Å²) in [5.41, 5.74) is 1.29. The lowest BCUT2D eigenvalue weighted by atomic mass is 10.1. The molecule has 1 heterocycles. The van der Waals surface area contributed by atoms with Gasteiger partial charge in [0.1, 0.15) is 12.7 Å². The summed E-state index contributed by atoms with van der Waals surface area (Å²) in [7, 11) is -3.20. The highest BCUT2D eigenvalue weighted by molar-refractivity contribution is 7.89. The van der Waals surface area contributed by atoms with Crippen LogP contribution in [0.1, 0.15) is 12.0 Å². The first-order chi connectivity index (χ1) is 10.6. The van der Waals surface area contributed by atoms with E-state index < -0.39 is 10.0 Å². The molecule has 7 heteroatoms. The Balaban J connectivity index is 1.41. The molecule has 0 spiro atoms. The van der Waals surface area contributed by atoms with E-state index in [-0.39, 0.29) is 11.7 Å². The van der Waals surface area contributed by atoms with Gasteiger partial charge in [-0.2, -0.15) is 0 Å². The van der Waals surface area contributed by atoms with E-state index in [1.807, 2.05) is 18.2 Å². The Hall–Kier alpha value is -1.73. The molecular weight excluding hydrogens is 300 g/mol. The lowest BCUT2D eigenvalue weighted by Gasteiger charge is -2.07. The Bertz CT molecular complexity index is 686. The number of benzene rings is 1. The van der Waals surface area contributed by atoms with E-state index >= 15 is 0 Å². The highest BCUT2D eigenvalue weighted by atomic mass is 32.2. The molecule has 3 rings (SSSR count). The third-order valence-electron chi connectivity index (χ3n) is 4.00. The smallest absolute Gasteiger partial charge is 0.211 e. The van der Waals surface area contributed by atoms with Crippen LogP contribution in [-0.4, -0.2) is 35.5 Å². The standard InChI is InChI=1S/C15H20N4O2S/c20-22(21,18-6-7-19-11-16-17-12-19)10-15-9-14(15)8-13-4-2-1-3-5-13/h1-5,11-12,14-15,18H,6-10H2. The number of sulfonamides is 1. The molecule has 1 N–H and O–H groups in total. The predicted molar refractivity (Wildman–Crippen MR) is 83.6 cm³/mol. The van der Waals surface area contributed by atoms with Crippen LogP contribution in [0.15, 0.2) is 43.0 Å². The van der Waals surface area contributed by atoms with Crippen LogP contribution < -0.4 is 4.72 Å². The zero-order valence-corrected chi connectivity index (χ0v) is 13.1. The van der Waals surface area contributed by atoms with Gasteiger partial charge in [0, 0.05) is 13.1 Å². The highest BCUT2D eigenvalue weighted by Crippen LogP contribution is 2.41. The van der Waals surface area contributed by atoms with E-state index in [2.05, 4.69) is 27.1 Å². The summed E-state index contributed by atoms with van der Waals surface area (Å²) >= 11 is 0. The van der Waals surface area contributed by atoms with Crippen molar-refractivity contribution in [1.82, 2.24) is 19.5 Å². The number of aromatic nitrogens is 3. The van der Waals surface area contributed by atoms with Gasteiger partial charge in [0.05, 0.1) is 5.75 Å². The van der Waals surface area contributed by atoms with Crippen LogP contribution in [0.5, 0.6) is 0 Å². The van der Waals surface area contributed by atoms with E-state index in [9.17, 15) is 8.42 Å². The monoisotopic (exact) mass is 320 g/mol. The molecule has 2 atom stereocenters. The fraction of sp³-hybridized carbons (Fsp3) is 0.467. The lowest BCUT2D eigenvalue weighted by molar-refractivity contribution is 0.566. The van der Waals surface area contributed by atoms with Crippen molar-refractivity contribution in [2.75, 3.05) is 12.3 Å². The molecule has 0 aliphatic heterocycles. The van der Waals surface area contributed by atoms with Crippen LogP contribution >= 0.6 is 0 Å². The first-order valence-corrected chi connectivity index (χ1v) is 9.11. The van der Waals surface area contributed by atoms with Crippen LogP contribution in [0.2, 0.25) is 0 Å². The zero-order chi connectivity index (χ0) is 15.4. The molecule has 0 bridgehead atoms. The van der Waals surface area contributed by atoms with Gasteiger partial charge in [-0.25, -0.2) is 13.1 Å². The molecule has 0 saturated heterocycles. The maximum Gasteiger partial charge on any atom is 0.211 e. The van der Waals surface area contributed by atoms with Crippen molar-refractivity contribution in [1.29, 1.82) is 0 Å². The van der Waals surface area contributed by atoms with Crippen LogP contribution in [0.4, 0.5) is 0 Å². The molecule has 0 radical (unpaired) electrons. The van der Waals surface area contributed by atoms with Gasteiger partial charge in [-0.15, -0.1) is 10.2 Å². The summed E-state index contributed by atoms with van der Waals surface area (Å²) in [6.45, 7) is 0.917. The summed E-state index contributed by atoms with van der Waals surface area (Å²) in [5, 5.41) is 7.36. The lowest BCUT2D eigenvalue weighted by Crippen LogP contribution is -2.30. The van der Waals surface area contributed by atoms with E-state index in [4.69, 9.17) is 0 Å². The van der Waals surface area contributed by atoms with Gasteiger partial charge in [-0.05, 0) is 30.2 Å². The Morgan fingerprint density at radius 3 is 2.59 bits per heavy atom. The minimum atomic E-state index is -3.20. The van der Waals surface area contributed by atoms with Gasteiger partial charge in [-0.1, -0.05) is 30.3 Å². The van der Waals surface area contributed by atoms with E-state index in [0.717, 1.165) is 12.8 Å². The van der Waals surface area contributed by atoms with Crippen LogP contribution in [0.3, 0.4) is 0 Å². The summed E-state index contributed by atoms with van der Waals surface area (Å²) in [4.78, 5) is 0. The second kappa shape index (κ2) is 6.58. The molecule has 1 aromatic heterocycles. The second-order valence-electron chi connectivity index (χ2n) is 5.82. The first-order valence-electron chi connectivity index (χ1n) is 7.46. The van der Waals surface area contributed by atoms with Gasteiger partial charge in [0.2, 0.25) is 10.0 Å². The molecule has 1 fully saturated rings. The molecule has 1 aliphatic rings. The average molecular weight is 320 g/mol. The first kappa shape index (κ1) is 15.2. The van der Waals surface area contributed by atoms with Crippen molar-refractivity contribution in [2.45, 2.75) is 19.4 Å². The summed E-state index contributed by atoms with van der Waals surface area (Å²) in [6, 6.07) is 10.2. The SMILES string of the molecule is O=S(=O)(CC1CC1Cc1ccccc1)NCCn1cnnc1. The molecular formula is C15H20N4O2S. The Morgan fingerprint density at radius 1 is 1.14 bits per heavy atom. The third kappa shape index (κ3) is 4.38. The summed E-state index contributed by atoms with van der Waals surface area (Å²) in [6.07, 6.45) is 5.12. The zero-order valence-electron chi connectivity index (χ0n) is 12.3. The predicted octanol–water partition coefficient (Wildman–Crippen LogP) is 1.08. The van der Waals surface area contributed by atoms with Crippen LogP contribution in [0, 0.1) is 11.8 Å². The van der Waals surface area contributed by atoms with E-state index in [1.165, 1.54) is 5.56 Å². The van der Waals surface area contributed by atoms with Crippen molar-refractivity contribution in [3.05, 3.63) is 48.5 Å². The number of hydrogen-bond acceptors (Lipinski definition) is 4. The maximum absolute atomic E-state index is 12.1. The minimum Gasteiger partial charge on any atom is -0.319 e. The maximum atomic E-state index is 12.1. The summed E-state index contributed by atoms with van der Waals surface area (Å²) < 4.78 is 28.5. The molecule has 0 amide bonds. The largest absolute Gasteiger partial charge is 0.319 e. The molecule has 22 heavy (non-hydrogen) atoms. The quantitative estimate of drug-likeness (QED) is 0.789. The van der Waals surface area contributed by atoms with Gasteiger partial charge in [0.25, 0.3) is 0 Å². The normalized spacial score (nSPS) is 20.9. The van der Waals surface area contributed by atoms with E-state index in [1.54, 1.807) is 17.2 Å². The molecule has 2 aromatic rings. The van der Waals surface area contributed by atoms with Gasteiger partial charge < -0.3 is 4.57 Å². The third-order valence-corrected chi connectivity index (χ3v) is 5.51. The molecule has 1 saturated carbocycles. The van der Waals surface area contributed by atoms with Crippen LogP contribution in [-0.2, 0) is 23.0 Å². The van der Waals surface area contributed by atoms with Gasteiger partial charge in [0.15, 0.2) is 0 Å². The minimum absolute atomic E-state index is 0.229. The summed E-state index contributed by atoms with van der Waals surface area (Å²) in [5.74, 6) is 1.01. The number of nitrogens with one attached hydrogen (secondary N) is 1. The molecule has 2 unspecified atom stereocenters. The second-order valence-corrected chi connectivity index (χ2v) is 7.67. The van der Waals surface area contributed by atoms with Gasteiger partial charge in [-0.3, -0.25) is 0 Å². The molecule has 118 valence electrons. The highest BCUT2D eigenvalue weighted by Gasteiger charge is 2.39.